The molecule has 1 aromatic carbocycles. The van der Waals surface area contributed by atoms with E-state index in [1.807, 2.05) is 19.9 Å². The Morgan fingerprint density at radius 1 is 1.10 bits per heavy atom. The van der Waals surface area contributed by atoms with Crippen molar-refractivity contribution in [3.05, 3.63) is 50.1 Å². The molecule has 0 radical (unpaired) electrons. The van der Waals surface area contributed by atoms with Gasteiger partial charge < -0.3 is 20.0 Å². The van der Waals surface area contributed by atoms with Gasteiger partial charge in [0, 0.05) is 27.4 Å². The van der Waals surface area contributed by atoms with Gasteiger partial charge in [0.2, 0.25) is 0 Å². The first-order valence-corrected chi connectivity index (χ1v) is 9.87. The van der Waals surface area contributed by atoms with Crippen molar-refractivity contribution in [1.82, 2.24) is 9.97 Å². The number of amides is 1. The number of ketones is 1. The highest BCUT2D eigenvalue weighted by Gasteiger charge is 2.20. The molecule has 0 aliphatic heterocycles. The number of carbonyl (C=O) groups is 3. The monoisotopic (exact) mass is 415 g/mol. The summed E-state index contributed by atoms with van der Waals surface area (Å²) in [5.41, 5.74) is 1.92. The second-order valence-corrected chi connectivity index (χ2v) is 8.17. The van der Waals surface area contributed by atoms with Crippen LogP contribution in [0, 0.1) is 13.8 Å². The number of fused-ring (bicyclic) bond motifs is 1. The highest BCUT2D eigenvalue weighted by Crippen LogP contribution is 2.22. The number of anilines is 1. The van der Waals surface area contributed by atoms with Gasteiger partial charge in [0.1, 0.15) is 0 Å². The molecule has 2 aromatic heterocycles. The molecule has 0 aliphatic rings. The van der Waals surface area contributed by atoms with E-state index in [1.165, 1.54) is 18.3 Å². The first kappa shape index (κ1) is 20.5. The molecule has 0 saturated heterocycles. The van der Waals surface area contributed by atoms with Crippen LogP contribution in [0.1, 0.15) is 39.9 Å². The lowest BCUT2D eigenvalue weighted by atomic mass is 10.1. The van der Waals surface area contributed by atoms with Crippen molar-refractivity contribution < 1.29 is 19.1 Å². The van der Waals surface area contributed by atoms with Gasteiger partial charge in [-0.3, -0.25) is 14.4 Å². The summed E-state index contributed by atoms with van der Waals surface area (Å²) in [4.78, 5) is 55.0. The Kier molecular flexibility index (Phi) is 5.97. The van der Waals surface area contributed by atoms with Crippen molar-refractivity contribution in [3.63, 3.8) is 0 Å². The number of hydrogen-bond donors (Lipinski definition) is 3. The van der Waals surface area contributed by atoms with Gasteiger partial charge in [-0.05, 0) is 45.0 Å². The summed E-state index contributed by atoms with van der Waals surface area (Å²) in [6, 6.07) is 6.70. The number of Topliss-reactive ketones (excluding diaryl/α,β-unsaturated/α-hetero) is 1. The lowest BCUT2D eigenvalue weighted by Gasteiger charge is -2.13. The lowest BCUT2D eigenvalue weighted by Crippen LogP contribution is -2.30. The summed E-state index contributed by atoms with van der Waals surface area (Å²) in [6.07, 6.45) is -1.09. The molecule has 0 spiro atoms. The number of aromatic nitrogens is 2. The highest BCUT2D eigenvalue weighted by molar-refractivity contribution is 7.12. The maximum atomic E-state index is 12.3. The maximum Gasteiger partial charge on any atom is 0.323 e. The van der Waals surface area contributed by atoms with Crippen LogP contribution in [-0.4, -0.2) is 33.7 Å². The van der Waals surface area contributed by atoms with Gasteiger partial charge in [-0.2, -0.15) is 0 Å². The van der Waals surface area contributed by atoms with E-state index in [-0.39, 0.29) is 24.3 Å². The van der Waals surface area contributed by atoms with E-state index in [0.717, 1.165) is 9.75 Å². The number of esters is 1. The number of ether oxygens (including phenoxy) is 1. The topological polar surface area (TPSA) is 121 Å². The molecule has 1 atom stereocenters. The van der Waals surface area contributed by atoms with Crippen molar-refractivity contribution in [1.29, 1.82) is 0 Å². The van der Waals surface area contributed by atoms with Gasteiger partial charge in [-0.1, -0.05) is 0 Å². The molecule has 0 unspecified atom stereocenters. The quantitative estimate of drug-likeness (QED) is 0.404. The van der Waals surface area contributed by atoms with Gasteiger partial charge in [-0.15, -0.1) is 11.3 Å². The molecule has 3 rings (SSSR count). The largest absolute Gasteiger partial charge is 0.453 e. The molecule has 152 valence electrons. The SMILES string of the molecule is Cc1cc(C(=O)CCC(=O)O[C@H](C)C(=O)Nc2ccc3[nH]c(=O)[nH]c3c2)c(C)s1. The summed E-state index contributed by atoms with van der Waals surface area (Å²) in [7, 11) is 0. The van der Waals surface area contributed by atoms with Crippen molar-refractivity contribution in [2.24, 2.45) is 0 Å². The smallest absolute Gasteiger partial charge is 0.323 e. The van der Waals surface area contributed by atoms with Crippen LogP contribution < -0.4 is 11.0 Å². The number of H-pyrrole nitrogens is 2. The van der Waals surface area contributed by atoms with Crippen molar-refractivity contribution in [3.8, 4) is 0 Å². The van der Waals surface area contributed by atoms with Crippen molar-refractivity contribution in [2.45, 2.75) is 39.7 Å². The zero-order chi connectivity index (χ0) is 21.1. The molecule has 0 bridgehead atoms. The fourth-order valence-electron chi connectivity index (χ4n) is 2.92. The van der Waals surface area contributed by atoms with Crippen LogP contribution in [0.3, 0.4) is 0 Å². The predicted molar refractivity (Wildman–Crippen MR) is 110 cm³/mol. The minimum Gasteiger partial charge on any atom is -0.453 e. The molecule has 29 heavy (non-hydrogen) atoms. The van der Waals surface area contributed by atoms with Gasteiger partial charge in [0.15, 0.2) is 11.9 Å². The van der Waals surface area contributed by atoms with Crippen LogP contribution in [0.25, 0.3) is 11.0 Å². The lowest BCUT2D eigenvalue weighted by molar-refractivity contribution is -0.153. The van der Waals surface area contributed by atoms with Gasteiger partial charge in [-0.25, -0.2) is 4.79 Å². The Balaban J connectivity index is 1.51. The molecular formula is C20H21N3O5S. The molecule has 2 heterocycles. The number of thiophene rings is 1. The first-order valence-electron chi connectivity index (χ1n) is 9.05. The standard InChI is InChI=1S/C20H21N3O5S/c1-10-8-14(12(3)29-10)17(24)6-7-18(25)28-11(2)19(26)21-13-4-5-15-16(9-13)23-20(27)22-15/h4-5,8-9,11H,6-7H2,1-3H3,(H,21,26)(H2,22,23,27)/t11-/m1/s1. The van der Waals surface area contributed by atoms with Crippen LogP contribution in [0.5, 0.6) is 0 Å². The Labute approximate surface area is 170 Å². The number of nitrogens with one attached hydrogen (secondary N) is 3. The summed E-state index contributed by atoms with van der Waals surface area (Å²) >= 11 is 1.54. The number of imidazole rings is 1. The second kappa shape index (κ2) is 8.44. The van der Waals surface area contributed by atoms with Crippen LogP contribution >= 0.6 is 11.3 Å². The zero-order valence-corrected chi connectivity index (χ0v) is 17.1. The van der Waals surface area contributed by atoms with Gasteiger partial charge in [0.05, 0.1) is 17.5 Å². The molecule has 0 saturated carbocycles. The van der Waals surface area contributed by atoms with Crippen molar-refractivity contribution in [2.75, 3.05) is 5.32 Å². The summed E-state index contributed by atoms with van der Waals surface area (Å²) in [5.74, 6) is -1.24. The van der Waals surface area contributed by atoms with E-state index in [1.54, 1.807) is 18.2 Å². The van der Waals surface area contributed by atoms with Crippen molar-refractivity contribution >= 4 is 45.7 Å². The number of aromatic amines is 2. The number of aryl methyl sites for hydroxylation is 2. The van der Waals surface area contributed by atoms with E-state index in [4.69, 9.17) is 4.74 Å². The minimum absolute atomic E-state index is 0.0295. The van der Waals surface area contributed by atoms with E-state index < -0.39 is 18.0 Å². The van der Waals surface area contributed by atoms with Gasteiger partial charge >= 0.3 is 11.7 Å². The van der Waals surface area contributed by atoms with E-state index >= 15 is 0 Å². The molecule has 0 aliphatic carbocycles. The highest BCUT2D eigenvalue weighted by atomic mass is 32.1. The molecular weight excluding hydrogens is 394 g/mol. The third-order valence-electron chi connectivity index (χ3n) is 4.36. The Morgan fingerprint density at radius 3 is 2.52 bits per heavy atom. The number of hydrogen-bond acceptors (Lipinski definition) is 6. The maximum absolute atomic E-state index is 12.3. The Morgan fingerprint density at radius 2 is 1.83 bits per heavy atom. The molecule has 3 N–H and O–H groups in total. The van der Waals surface area contributed by atoms with E-state index in [9.17, 15) is 19.2 Å². The fourth-order valence-corrected chi connectivity index (χ4v) is 3.86. The normalized spacial score (nSPS) is 12.0. The third kappa shape index (κ3) is 5.00. The predicted octanol–water partition coefficient (Wildman–Crippen LogP) is 3.07. The summed E-state index contributed by atoms with van der Waals surface area (Å²) in [5, 5.41) is 2.63. The second-order valence-electron chi connectivity index (χ2n) is 6.71. The first-order chi connectivity index (χ1) is 13.7. The Bertz CT molecular complexity index is 1140. The van der Waals surface area contributed by atoms with Crippen LogP contribution in [0.2, 0.25) is 0 Å². The number of benzene rings is 1. The van der Waals surface area contributed by atoms with Crippen LogP contribution in [-0.2, 0) is 14.3 Å². The average Bonchev–Trinajstić information content (AvgIpc) is 3.19. The van der Waals surface area contributed by atoms with E-state index in [0.29, 0.717) is 22.3 Å². The van der Waals surface area contributed by atoms with Crippen LogP contribution in [0.4, 0.5) is 5.69 Å². The zero-order valence-electron chi connectivity index (χ0n) is 16.3. The third-order valence-corrected chi connectivity index (χ3v) is 5.32. The fraction of sp³-hybridized carbons (Fsp3) is 0.300. The minimum atomic E-state index is -1.02. The van der Waals surface area contributed by atoms with Gasteiger partial charge in [0.25, 0.3) is 5.91 Å². The number of carbonyl (C=O) groups excluding carboxylic acids is 3. The molecule has 3 aromatic rings. The molecule has 0 fully saturated rings. The summed E-state index contributed by atoms with van der Waals surface area (Å²) < 4.78 is 5.13. The average molecular weight is 415 g/mol. The summed E-state index contributed by atoms with van der Waals surface area (Å²) in [6.45, 7) is 5.25. The molecule has 9 heteroatoms. The Hall–Kier alpha value is -3.20. The molecule has 1 amide bonds. The van der Waals surface area contributed by atoms with E-state index in [2.05, 4.69) is 15.3 Å². The number of rotatable bonds is 7. The molecule has 8 nitrogen and oxygen atoms in total. The van der Waals surface area contributed by atoms with Crippen LogP contribution in [0.15, 0.2) is 29.1 Å².